The van der Waals surface area contributed by atoms with Crippen molar-refractivity contribution in [1.29, 1.82) is 0 Å². The molecule has 3 aromatic rings. The molecule has 0 bridgehead atoms. The third kappa shape index (κ3) is 7.95. The number of rotatable bonds is 7. The average Bonchev–Trinajstić information content (AvgIpc) is 3.36. The Labute approximate surface area is 242 Å². The molecular weight excluding hydrogens is 560 g/mol. The van der Waals surface area contributed by atoms with Crippen molar-refractivity contribution in [3.8, 4) is 17.1 Å². The third-order valence-electron chi connectivity index (χ3n) is 5.94. The highest BCUT2D eigenvalue weighted by Crippen LogP contribution is 2.28. The number of carbonyl (C=O) groups excluding carboxylic acids is 2. The number of nitrogens with one attached hydrogen (secondary N) is 2. The molecule has 0 radical (unpaired) electrons. The number of nitrogens with zero attached hydrogens (tertiary/aromatic N) is 3. The molecule has 2 heterocycles. The summed E-state index contributed by atoms with van der Waals surface area (Å²) in [6.45, 7) is 6.55. The van der Waals surface area contributed by atoms with Gasteiger partial charge in [-0.1, -0.05) is 35.3 Å². The van der Waals surface area contributed by atoms with Crippen molar-refractivity contribution >= 4 is 41.0 Å². The maximum atomic E-state index is 13.7. The van der Waals surface area contributed by atoms with Gasteiger partial charge >= 0.3 is 12.1 Å². The number of anilines is 1. The molecule has 1 aliphatic heterocycles. The highest BCUT2D eigenvalue weighted by atomic mass is 35.5. The highest BCUT2D eigenvalue weighted by molar-refractivity contribution is 6.36. The second-order valence-electron chi connectivity index (χ2n) is 10.3. The van der Waals surface area contributed by atoms with Crippen LogP contribution in [0, 0.1) is 5.82 Å². The van der Waals surface area contributed by atoms with Gasteiger partial charge in [-0.2, -0.15) is 0 Å². The SMILES string of the molecule is CC(C)(C)OC(=O)N1CCC(NC(=O)Nc2cnc(-c3cccc(OCCc4c(Cl)ccc(F)c4Cl)c3)nc2)C1. The van der Waals surface area contributed by atoms with Crippen molar-refractivity contribution in [2.75, 3.05) is 25.0 Å². The molecule has 9 nitrogen and oxygen atoms in total. The predicted molar refractivity (Wildman–Crippen MR) is 151 cm³/mol. The molecule has 1 aromatic heterocycles. The molecule has 212 valence electrons. The van der Waals surface area contributed by atoms with E-state index in [2.05, 4.69) is 20.6 Å². The van der Waals surface area contributed by atoms with Crippen LogP contribution in [-0.2, 0) is 11.2 Å². The predicted octanol–water partition coefficient (Wildman–Crippen LogP) is 6.34. The molecule has 0 spiro atoms. The van der Waals surface area contributed by atoms with Gasteiger partial charge in [0.1, 0.15) is 17.2 Å². The molecule has 2 aromatic carbocycles. The minimum atomic E-state index is -0.575. The number of ether oxygens (including phenoxy) is 2. The molecule has 0 aliphatic carbocycles. The fourth-order valence-corrected chi connectivity index (χ4v) is 4.62. The summed E-state index contributed by atoms with van der Waals surface area (Å²) in [4.78, 5) is 35.0. The van der Waals surface area contributed by atoms with E-state index in [0.29, 0.717) is 59.3 Å². The van der Waals surface area contributed by atoms with Gasteiger partial charge in [0, 0.05) is 36.1 Å². The van der Waals surface area contributed by atoms with Gasteiger partial charge in [-0.3, -0.25) is 0 Å². The van der Waals surface area contributed by atoms with Crippen LogP contribution in [0.3, 0.4) is 0 Å². The van der Waals surface area contributed by atoms with Crippen molar-refractivity contribution < 1.29 is 23.5 Å². The molecule has 1 saturated heterocycles. The van der Waals surface area contributed by atoms with Gasteiger partial charge in [-0.25, -0.2) is 23.9 Å². The number of halogens is 3. The molecule has 1 aliphatic rings. The summed E-state index contributed by atoms with van der Waals surface area (Å²) in [5, 5.41) is 5.95. The zero-order valence-corrected chi connectivity index (χ0v) is 23.9. The number of carbonyl (C=O) groups is 2. The number of urea groups is 1. The topological polar surface area (TPSA) is 106 Å². The first kappa shape index (κ1) is 29.4. The van der Waals surface area contributed by atoms with Gasteiger partial charge in [0.05, 0.1) is 29.7 Å². The van der Waals surface area contributed by atoms with Crippen LogP contribution >= 0.6 is 23.2 Å². The molecule has 1 fully saturated rings. The van der Waals surface area contributed by atoms with Crippen LogP contribution in [0.1, 0.15) is 32.8 Å². The Morgan fingerprint density at radius 2 is 1.90 bits per heavy atom. The van der Waals surface area contributed by atoms with Crippen LogP contribution in [-0.4, -0.2) is 58.3 Å². The van der Waals surface area contributed by atoms with Gasteiger partial charge in [0.25, 0.3) is 0 Å². The maximum absolute atomic E-state index is 13.7. The first-order valence-corrected chi connectivity index (χ1v) is 13.5. The molecule has 0 saturated carbocycles. The van der Waals surface area contributed by atoms with E-state index >= 15 is 0 Å². The number of benzene rings is 2. The monoisotopic (exact) mass is 589 g/mol. The molecule has 12 heteroatoms. The normalized spacial score (nSPS) is 15.1. The summed E-state index contributed by atoms with van der Waals surface area (Å²) in [7, 11) is 0. The van der Waals surface area contributed by atoms with E-state index in [1.54, 1.807) is 23.1 Å². The van der Waals surface area contributed by atoms with E-state index in [1.165, 1.54) is 24.5 Å². The Morgan fingerprint density at radius 3 is 2.62 bits per heavy atom. The van der Waals surface area contributed by atoms with E-state index < -0.39 is 23.5 Å². The second kappa shape index (κ2) is 12.7. The number of amides is 3. The number of likely N-dealkylation sites (tertiary alicyclic amines) is 1. The summed E-state index contributed by atoms with van der Waals surface area (Å²) in [6, 6.07) is 9.28. The quantitative estimate of drug-likeness (QED) is 0.311. The Morgan fingerprint density at radius 1 is 1.15 bits per heavy atom. The maximum Gasteiger partial charge on any atom is 0.410 e. The van der Waals surface area contributed by atoms with Crippen molar-refractivity contribution in [3.63, 3.8) is 0 Å². The Hall–Kier alpha value is -3.63. The van der Waals surface area contributed by atoms with Gasteiger partial charge in [-0.15, -0.1) is 0 Å². The minimum absolute atomic E-state index is 0.00774. The van der Waals surface area contributed by atoms with Gasteiger partial charge < -0.3 is 25.0 Å². The lowest BCUT2D eigenvalue weighted by Crippen LogP contribution is -2.41. The Balaban J connectivity index is 1.28. The van der Waals surface area contributed by atoms with Crippen molar-refractivity contribution in [2.45, 2.75) is 45.3 Å². The number of hydrogen-bond acceptors (Lipinski definition) is 6. The molecule has 40 heavy (non-hydrogen) atoms. The third-order valence-corrected chi connectivity index (χ3v) is 6.70. The first-order valence-electron chi connectivity index (χ1n) is 12.7. The summed E-state index contributed by atoms with van der Waals surface area (Å²) in [5.74, 6) is 0.485. The van der Waals surface area contributed by atoms with E-state index in [9.17, 15) is 14.0 Å². The molecule has 3 amide bonds. The summed E-state index contributed by atoms with van der Waals surface area (Å²) < 4.78 is 24.9. The van der Waals surface area contributed by atoms with Crippen LogP contribution in [0.5, 0.6) is 5.75 Å². The zero-order chi connectivity index (χ0) is 28.9. The lowest BCUT2D eigenvalue weighted by molar-refractivity contribution is 0.0291. The van der Waals surface area contributed by atoms with Crippen LogP contribution < -0.4 is 15.4 Å². The first-order chi connectivity index (χ1) is 19.0. The van der Waals surface area contributed by atoms with Gasteiger partial charge in [0.2, 0.25) is 0 Å². The lowest BCUT2D eigenvalue weighted by Gasteiger charge is -2.24. The molecule has 4 rings (SSSR count). The minimum Gasteiger partial charge on any atom is -0.493 e. The van der Waals surface area contributed by atoms with Crippen LogP contribution in [0.15, 0.2) is 48.8 Å². The fourth-order valence-electron chi connectivity index (χ4n) is 4.06. The van der Waals surface area contributed by atoms with Crippen molar-refractivity contribution in [2.24, 2.45) is 0 Å². The summed E-state index contributed by atoms with van der Waals surface area (Å²) in [5.41, 5.74) is 1.04. The van der Waals surface area contributed by atoms with Crippen molar-refractivity contribution in [1.82, 2.24) is 20.2 Å². The fraction of sp³-hybridized carbons (Fsp3) is 0.357. The van der Waals surface area contributed by atoms with Crippen LogP contribution in [0.25, 0.3) is 11.4 Å². The van der Waals surface area contributed by atoms with Gasteiger partial charge in [0.15, 0.2) is 5.82 Å². The lowest BCUT2D eigenvalue weighted by atomic mass is 10.1. The van der Waals surface area contributed by atoms with E-state index in [4.69, 9.17) is 32.7 Å². The Bertz CT molecular complexity index is 1370. The standard InChI is InChI=1S/C28H30Cl2FN5O4/c1-28(2,3)40-27(38)36-11-9-18(16-36)34-26(37)35-19-14-32-25(33-15-19)17-5-4-6-20(13-17)39-12-10-21-22(29)7-8-23(31)24(21)30/h4-8,13-15,18H,9-12,16H2,1-3H3,(H2,34,35,37). The van der Waals surface area contributed by atoms with Crippen LogP contribution in [0.4, 0.5) is 19.7 Å². The van der Waals surface area contributed by atoms with E-state index in [-0.39, 0.29) is 17.7 Å². The highest BCUT2D eigenvalue weighted by Gasteiger charge is 2.30. The van der Waals surface area contributed by atoms with Gasteiger partial charge in [-0.05, 0) is 57.0 Å². The summed E-state index contributed by atoms with van der Waals surface area (Å²) in [6.07, 6.45) is 3.58. The number of hydrogen-bond donors (Lipinski definition) is 2. The second-order valence-corrected chi connectivity index (χ2v) is 11.0. The smallest absolute Gasteiger partial charge is 0.410 e. The van der Waals surface area contributed by atoms with E-state index in [0.717, 1.165) is 0 Å². The molecule has 2 N–H and O–H groups in total. The zero-order valence-electron chi connectivity index (χ0n) is 22.3. The summed E-state index contributed by atoms with van der Waals surface area (Å²) >= 11 is 12.2. The molecule has 1 atom stereocenters. The molecule has 1 unspecified atom stereocenters. The molecular formula is C28H30Cl2FN5O4. The van der Waals surface area contributed by atoms with E-state index in [1.807, 2.05) is 26.8 Å². The van der Waals surface area contributed by atoms with Crippen molar-refractivity contribution in [3.05, 3.63) is 70.2 Å². The van der Waals surface area contributed by atoms with Crippen LogP contribution in [0.2, 0.25) is 10.0 Å². The largest absolute Gasteiger partial charge is 0.493 e. The Kier molecular flexibility index (Phi) is 9.32. The average molecular weight is 590 g/mol. The number of aromatic nitrogens is 2.